The molecule has 23 heavy (non-hydrogen) atoms. The largest absolute Gasteiger partial charge is 0.340 e. The monoisotopic (exact) mass is 304 g/mol. The van der Waals surface area contributed by atoms with Crippen molar-refractivity contribution in [3.05, 3.63) is 71.9 Å². The Bertz CT molecular complexity index is 782. The van der Waals surface area contributed by atoms with Crippen molar-refractivity contribution in [2.24, 2.45) is 0 Å². The summed E-state index contributed by atoms with van der Waals surface area (Å²) in [5.41, 5.74) is 4.23. The van der Waals surface area contributed by atoms with Gasteiger partial charge in [-0.1, -0.05) is 35.9 Å². The van der Waals surface area contributed by atoms with Crippen LogP contribution in [0, 0.1) is 13.8 Å². The van der Waals surface area contributed by atoms with Crippen LogP contribution >= 0.6 is 0 Å². The second kappa shape index (κ2) is 6.48. The molecule has 0 aliphatic carbocycles. The Labute approximate surface area is 136 Å². The number of nitrogens with zero attached hydrogens (tertiary/aromatic N) is 3. The van der Waals surface area contributed by atoms with E-state index in [4.69, 9.17) is 0 Å². The number of hydrogen-bond acceptors (Lipinski definition) is 4. The number of hydrogen-bond donors (Lipinski definition) is 1. The molecule has 0 unspecified atom stereocenters. The molecule has 0 spiro atoms. The third kappa shape index (κ3) is 3.66. The van der Waals surface area contributed by atoms with Crippen molar-refractivity contribution in [2.75, 3.05) is 17.3 Å². The van der Waals surface area contributed by atoms with Crippen LogP contribution in [0.2, 0.25) is 0 Å². The van der Waals surface area contributed by atoms with Gasteiger partial charge in [-0.2, -0.15) is 4.98 Å². The van der Waals surface area contributed by atoms with Gasteiger partial charge in [0.1, 0.15) is 5.82 Å². The normalized spacial score (nSPS) is 10.4. The minimum Gasteiger partial charge on any atom is -0.340 e. The van der Waals surface area contributed by atoms with Crippen LogP contribution in [0.5, 0.6) is 0 Å². The van der Waals surface area contributed by atoms with Gasteiger partial charge in [0.05, 0.1) is 0 Å². The predicted octanol–water partition coefficient (Wildman–Crippen LogP) is 4.60. The molecule has 0 fully saturated rings. The van der Waals surface area contributed by atoms with E-state index in [0.29, 0.717) is 5.95 Å². The molecule has 0 amide bonds. The summed E-state index contributed by atoms with van der Waals surface area (Å²) < 4.78 is 0. The molecule has 0 saturated heterocycles. The van der Waals surface area contributed by atoms with Gasteiger partial charge in [0.25, 0.3) is 0 Å². The minimum absolute atomic E-state index is 0.672. The average molecular weight is 304 g/mol. The maximum absolute atomic E-state index is 4.63. The number of nitrogens with one attached hydrogen (secondary N) is 1. The van der Waals surface area contributed by atoms with Crippen molar-refractivity contribution in [1.29, 1.82) is 0 Å². The lowest BCUT2D eigenvalue weighted by molar-refractivity contribution is 1.02. The van der Waals surface area contributed by atoms with Crippen molar-refractivity contribution in [1.82, 2.24) is 9.97 Å². The summed E-state index contributed by atoms with van der Waals surface area (Å²) in [7, 11) is 1.97. The van der Waals surface area contributed by atoms with E-state index < -0.39 is 0 Å². The van der Waals surface area contributed by atoms with E-state index in [1.807, 2.05) is 67.4 Å². The highest BCUT2D eigenvalue weighted by atomic mass is 15.2. The Morgan fingerprint density at radius 1 is 0.870 bits per heavy atom. The van der Waals surface area contributed by atoms with Crippen LogP contribution in [-0.2, 0) is 0 Å². The molecular weight excluding hydrogens is 284 g/mol. The summed E-state index contributed by atoms with van der Waals surface area (Å²) >= 11 is 0. The Morgan fingerprint density at radius 2 is 1.57 bits per heavy atom. The highest BCUT2D eigenvalue weighted by molar-refractivity contribution is 5.61. The fourth-order valence-corrected chi connectivity index (χ4v) is 2.32. The third-order valence-electron chi connectivity index (χ3n) is 3.61. The number of rotatable bonds is 4. The lowest BCUT2D eigenvalue weighted by atomic mass is 10.2. The molecule has 0 atom stereocenters. The molecule has 3 aromatic rings. The fourth-order valence-electron chi connectivity index (χ4n) is 2.32. The van der Waals surface area contributed by atoms with Crippen molar-refractivity contribution in [3.63, 3.8) is 0 Å². The number of aromatic nitrogens is 2. The first-order chi connectivity index (χ1) is 11.1. The lowest BCUT2D eigenvalue weighted by Gasteiger charge is -2.18. The first-order valence-corrected chi connectivity index (χ1v) is 7.60. The number of para-hydroxylation sites is 1. The van der Waals surface area contributed by atoms with Gasteiger partial charge in [-0.05, 0) is 38.1 Å². The molecule has 0 radical (unpaired) electrons. The molecule has 1 aromatic heterocycles. The van der Waals surface area contributed by atoms with Gasteiger partial charge in [0, 0.05) is 30.2 Å². The van der Waals surface area contributed by atoms with E-state index in [0.717, 1.165) is 22.9 Å². The SMILES string of the molecule is Cc1ccc(Nc2cc(C)nc(N(C)c3ccccc3)n2)cc1. The molecular formula is C19H20N4. The summed E-state index contributed by atoms with van der Waals surface area (Å²) in [6.07, 6.45) is 0. The van der Waals surface area contributed by atoms with Gasteiger partial charge >= 0.3 is 0 Å². The molecule has 1 N–H and O–H groups in total. The highest BCUT2D eigenvalue weighted by Crippen LogP contribution is 2.23. The fraction of sp³-hybridized carbons (Fsp3) is 0.158. The second-order valence-electron chi connectivity index (χ2n) is 5.58. The molecule has 4 heteroatoms. The van der Waals surface area contributed by atoms with Gasteiger partial charge in [-0.15, -0.1) is 0 Å². The van der Waals surface area contributed by atoms with Crippen LogP contribution in [-0.4, -0.2) is 17.0 Å². The van der Waals surface area contributed by atoms with Crippen molar-refractivity contribution >= 4 is 23.1 Å². The van der Waals surface area contributed by atoms with Gasteiger partial charge < -0.3 is 10.2 Å². The van der Waals surface area contributed by atoms with E-state index in [1.54, 1.807) is 0 Å². The summed E-state index contributed by atoms with van der Waals surface area (Å²) in [4.78, 5) is 11.2. The van der Waals surface area contributed by atoms with Crippen LogP contribution in [0.3, 0.4) is 0 Å². The predicted molar refractivity (Wildman–Crippen MR) is 95.7 cm³/mol. The Hall–Kier alpha value is -2.88. The van der Waals surface area contributed by atoms with Gasteiger partial charge in [-0.25, -0.2) is 4.98 Å². The number of anilines is 4. The molecule has 4 nitrogen and oxygen atoms in total. The summed E-state index contributed by atoms with van der Waals surface area (Å²) in [6.45, 7) is 4.05. The topological polar surface area (TPSA) is 41.1 Å². The maximum Gasteiger partial charge on any atom is 0.231 e. The first-order valence-electron chi connectivity index (χ1n) is 7.60. The van der Waals surface area contributed by atoms with Crippen molar-refractivity contribution < 1.29 is 0 Å². The van der Waals surface area contributed by atoms with Crippen molar-refractivity contribution in [2.45, 2.75) is 13.8 Å². The minimum atomic E-state index is 0.672. The van der Waals surface area contributed by atoms with E-state index in [1.165, 1.54) is 5.56 Å². The quantitative estimate of drug-likeness (QED) is 0.764. The van der Waals surface area contributed by atoms with Crippen LogP contribution in [0.4, 0.5) is 23.1 Å². The molecule has 3 rings (SSSR count). The molecule has 2 aromatic carbocycles. The van der Waals surface area contributed by atoms with E-state index in [9.17, 15) is 0 Å². The van der Waals surface area contributed by atoms with Crippen LogP contribution < -0.4 is 10.2 Å². The molecule has 1 heterocycles. The van der Waals surface area contributed by atoms with E-state index >= 15 is 0 Å². The summed E-state index contributed by atoms with van der Waals surface area (Å²) in [5, 5.41) is 3.34. The van der Waals surface area contributed by atoms with Gasteiger partial charge in [0.15, 0.2) is 0 Å². The Morgan fingerprint density at radius 3 is 2.26 bits per heavy atom. The lowest BCUT2D eigenvalue weighted by Crippen LogP contribution is -2.14. The third-order valence-corrected chi connectivity index (χ3v) is 3.61. The molecule has 0 saturated carbocycles. The van der Waals surface area contributed by atoms with Gasteiger partial charge in [0.2, 0.25) is 5.95 Å². The zero-order valence-corrected chi connectivity index (χ0v) is 13.6. The standard InChI is InChI=1S/C19H20N4/c1-14-9-11-16(12-10-14)21-18-13-15(2)20-19(22-18)23(3)17-7-5-4-6-8-17/h4-13H,1-3H3,(H,20,21,22). The molecule has 0 aliphatic rings. The molecule has 0 bridgehead atoms. The number of benzene rings is 2. The molecule has 116 valence electrons. The van der Waals surface area contributed by atoms with Gasteiger partial charge in [-0.3, -0.25) is 0 Å². The number of aryl methyl sites for hydroxylation is 2. The maximum atomic E-state index is 4.63. The Kier molecular flexibility index (Phi) is 4.24. The highest BCUT2D eigenvalue weighted by Gasteiger charge is 2.09. The van der Waals surface area contributed by atoms with Crippen LogP contribution in [0.1, 0.15) is 11.3 Å². The van der Waals surface area contributed by atoms with Crippen LogP contribution in [0.25, 0.3) is 0 Å². The van der Waals surface area contributed by atoms with E-state index in [-0.39, 0.29) is 0 Å². The molecule has 0 aliphatic heterocycles. The van der Waals surface area contributed by atoms with Crippen LogP contribution in [0.15, 0.2) is 60.7 Å². The second-order valence-corrected chi connectivity index (χ2v) is 5.58. The zero-order valence-electron chi connectivity index (χ0n) is 13.6. The smallest absolute Gasteiger partial charge is 0.231 e. The summed E-state index contributed by atoms with van der Waals surface area (Å²) in [5.74, 6) is 1.46. The summed E-state index contributed by atoms with van der Waals surface area (Å²) in [6, 6.07) is 20.3. The van der Waals surface area contributed by atoms with E-state index in [2.05, 4.69) is 34.3 Å². The zero-order chi connectivity index (χ0) is 16.2. The van der Waals surface area contributed by atoms with Crippen molar-refractivity contribution in [3.8, 4) is 0 Å². The first kappa shape index (κ1) is 15.0. The average Bonchev–Trinajstić information content (AvgIpc) is 2.56. The Balaban J connectivity index is 1.88.